The molecule has 0 saturated carbocycles. The van der Waals surface area contributed by atoms with E-state index < -0.39 is 6.29 Å². The molecule has 0 bridgehead atoms. The second-order valence-electron chi connectivity index (χ2n) is 11.1. The first-order chi connectivity index (χ1) is 22.4. The van der Waals surface area contributed by atoms with Crippen molar-refractivity contribution in [2.45, 2.75) is 37.2 Å². The third-order valence-electron chi connectivity index (χ3n) is 7.78. The van der Waals surface area contributed by atoms with Crippen LogP contribution >= 0.6 is 11.8 Å². The molecule has 0 unspecified atom stereocenters. The minimum absolute atomic E-state index is 0.0165. The number of aliphatic hydroxyl groups excluding tert-OH is 1. The smallest absolute Gasteiger partial charge is 0.323 e. The molecule has 0 radical (unpaired) electrons. The summed E-state index contributed by atoms with van der Waals surface area (Å²) in [6, 6.07) is 31.7. The number of aryl methyl sites for hydroxylation is 1. The van der Waals surface area contributed by atoms with Crippen LogP contribution < -0.4 is 15.4 Å². The Hall–Kier alpha value is -4.61. The van der Waals surface area contributed by atoms with Gasteiger partial charge in [0.25, 0.3) is 0 Å². The Labute approximate surface area is 272 Å². The number of anilines is 2. The van der Waals surface area contributed by atoms with E-state index >= 15 is 0 Å². The van der Waals surface area contributed by atoms with E-state index in [9.17, 15) is 9.90 Å². The van der Waals surface area contributed by atoms with E-state index in [1.807, 2.05) is 96.7 Å². The van der Waals surface area contributed by atoms with Gasteiger partial charge in [0, 0.05) is 48.1 Å². The van der Waals surface area contributed by atoms with Crippen LogP contribution in [0.4, 0.5) is 16.2 Å². The van der Waals surface area contributed by atoms with Crippen molar-refractivity contribution < 1.29 is 24.1 Å². The second kappa shape index (κ2) is 14.7. The van der Waals surface area contributed by atoms with Gasteiger partial charge in [-0.1, -0.05) is 73.3 Å². The molecule has 3 N–H and O–H groups in total. The van der Waals surface area contributed by atoms with Gasteiger partial charge in [0.05, 0.1) is 18.8 Å². The van der Waals surface area contributed by atoms with E-state index in [-0.39, 0.29) is 30.8 Å². The largest absolute Gasteiger partial charge is 0.457 e. The van der Waals surface area contributed by atoms with Gasteiger partial charge in [0.2, 0.25) is 0 Å². The minimum Gasteiger partial charge on any atom is -0.457 e. The lowest BCUT2D eigenvalue weighted by Gasteiger charge is -2.41. The van der Waals surface area contributed by atoms with Gasteiger partial charge >= 0.3 is 6.03 Å². The number of amides is 2. The molecule has 1 aliphatic heterocycles. The summed E-state index contributed by atoms with van der Waals surface area (Å²) in [5.41, 5.74) is 3.88. The number of aliphatic hydroxyl groups is 1. The Balaban J connectivity index is 1.14. The van der Waals surface area contributed by atoms with Crippen molar-refractivity contribution in [3.05, 3.63) is 132 Å². The van der Waals surface area contributed by atoms with Crippen LogP contribution in [0, 0.1) is 5.92 Å². The molecule has 4 aromatic carbocycles. The molecular formula is C36H36N4O5S. The van der Waals surface area contributed by atoms with Gasteiger partial charge in [-0.2, -0.15) is 0 Å². The molecule has 236 valence electrons. The van der Waals surface area contributed by atoms with Gasteiger partial charge in [-0.25, -0.2) is 9.78 Å². The zero-order valence-corrected chi connectivity index (χ0v) is 26.4. The maximum atomic E-state index is 12.9. The first-order valence-electron chi connectivity index (χ1n) is 15.1. The first kappa shape index (κ1) is 31.4. The number of hydrogen-bond acceptors (Lipinski definition) is 7. The highest BCUT2D eigenvalue weighted by atomic mass is 32.2. The number of carbonyl (C=O) groups excluding carboxylic acids is 1. The fraction of sp³-hybridized carbons (Fsp3) is 0.222. The molecule has 46 heavy (non-hydrogen) atoms. The number of hydrogen-bond donors (Lipinski definition) is 3. The van der Waals surface area contributed by atoms with E-state index in [0.717, 1.165) is 27.6 Å². The number of nitrogens with zero attached hydrogens (tertiary/aromatic N) is 2. The Morgan fingerprint density at radius 2 is 1.63 bits per heavy atom. The van der Waals surface area contributed by atoms with Crippen LogP contribution in [0.3, 0.4) is 0 Å². The molecule has 0 spiro atoms. The number of imidazole rings is 1. The van der Waals surface area contributed by atoms with Gasteiger partial charge in [-0.15, -0.1) is 0 Å². The third-order valence-corrected chi connectivity index (χ3v) is 8.93. The van der Waals surface area contributed by atoms with E-state index in [1.165, 1.54) is 0 Å². The minimum atomic E-state index is -0.660. The molecule has 5 aromatic rings. The highest BCUT2D eigenvalue weighted by molar-refractivity contribution is 7.99. The van der Waals surface area contributed by atoms with Crippen LogP contribution in [0.1, 0.15) is 36.0 Å². The first-order valence-corrected chi connectivity index (χ1v) is 16.1. The van der Waals surface area contributed by atoms with Gasteiger partial charge in [-0.05, 0) is 59.7 Å². The molecule has 2 amide bonds. The number of benzene rings is 4. The molecule has 10 heteroatoms. The van der Waals surface area contributed by atoms with Crippen LogP contribution in [0.25, 0.3) is 0 Å². The topological polar surface area (TPSA) is 107 Å². The molecule has 1 saturated heterocycles. The molecule has 0 aliphatic carbocycles. The van der Waals surface area contributed by atoms with Crippen molar-refractivity contribution in [3.63, 3.8) is 0 Å². The van der Waals surface area contributed by atoms with Crippen LogP contribution in [0.15, 0.2) is 121 Å². The summed E-state index contributed by atoms with van der Waals surface area (Å²) >= 11 is 1.64. The zero-order chi connectivity index (χ0) is 31.9. The molecule has 4 atom stereocenters. The van der Waals surface area contributed by atoms with Gasteiger partial charge in [0.15, 0.2) is 11.4 Å². The van der Waals surface area contributed by atoms with E-state index in [4.69, 9.17) is 14.2 Å². The van der Waals surface area contributed by atoms with E-state index in [2.05, 4.69) is 22.5 Å². The average Bonchev–Trinajstić information content (AvgIpc) is 3.50. The fourth-order valence-electron chi connectivity index (χ4n) is 5.24. The number of thioether (sulfide) groups is 1. The molecule has 1 fully saturated rings. The van der Waals surface area contributed by atoms with Crippen molar-refractivity contribution in [3.8, 4) is 11.5 Å². The van der Waals surface area contributed by atoms with Gasteiger partial charge < -0.3 is 34.5 Å². The number of rotatable bonds is 10. The standard InChI is InChI=1S/C36H36N4O5S/c1-24-32(23-46-36-37-19-20-40(36)2)44-34(45-33(24)26-13-11-25(22-41)12-14-26)27-7-6-8-29(21-27)39-35(42)38-28-15-17-31(18-16-28)43-30-9-4-3-5-10-30/h3-21,24,32-34,41H,22-23H2,1-2H3,(H2,38,39,42)/t24-,32+,33+,34+/m1/s1. The maximum Gasteiger partial charge on any atom is 0.323 e. The number of urea groups is 1. The molecule has 1 aliphatic rings. The highest BCUT2D eigenvalue weighted by Crippen LogP contribution is 2.43. The summed E-state index contributed by atoms with van der Waals surface area (Å²) in [5.74, 6) is 2.14. The van der Waals surface area contributed by atoms with Crippen molar-refractivity contribution >= 4 is 29.2 Å². The third kappa shape index (κ3) is 7.78. The number of nitrogens with one attached hydrogen (secondary N) is 2. The van der Waals surface area contributed by atoms with Crippen LogP contribution in [-0.4, -0.2) is 32.5 Å². The Morgan fingerprint density at radius 3 is 2.35 bits per heavy atom. The molecular weight excluding hydrogens is 600 g/mol. The SMILES string of the molecule is C[C@@H]1[C@H](CSc2nccn2C)O[C@H](c2cccc(NC(=O)Nc3ccc(Oc4ccccc4)cc3)c2)O[C@@H]1c1ccc(CO)cc1. The summed E-state index contributed by atoms with van der Waals surface area (Å²) < 4.78 is 21.0. The lowest BCUT2D eigenvalue weighted by atomic mass is 9.91. The monoisotopic (exact) mass is 636 g/mol. The number of carbonyl (C=O) groups is 1. The molecule has 6 rings (SSSR count). The van der Waals surface area contributed by atoms with Crippen molar-refractivity contribution in [1.82, 2.24) is 9.55 Å². The van der Waals surface area contributed by atoms with Crippen molar-refractivity contribution in [1.29, 1.82) is 0 Å². The van der Waals surface area contributed by atoms with Crippen molar-refractivity contribution in [2.75, 3.05) is 16.4 Å². The van der Waals surface area contributed by atoms with E-state index in [0.29, 0.717) is 22.9 Å². The predicted molar refractivity (Wildman–Crippen MR) is 179 cm³/mol. The number of ether oxygens (including phenoxy) is 3. The maximum absolute atomic E-state index is 12.9. The quantitative estimate of drug-likeness (QED) is 0.134. The van der Waals surface area contributed by atoms with E-state index in [1.54, 1.807) is 42.2 Å². The number of aromatic nitrogens is 2. The lowest BCUT2D eigenvalue weighted by Crippen LogP contribution is -2.38. The predicted octanol–water partition coefficient (Wildman–Crippen LogP) is 7.93. The summed E-state index contributed by atoms with van der Waals surface area (Å²) in [4.78, 5) is 17.4. The summed E-state index contributed by atoms with van der Waals surface area (Å²) in [5, 5.41) is 16.2. The molecule has 2 heterocycles. The summed E-state index contributed by atoms with van der Waals surface area (Å²) in [6.07, 6.45) is 2.67. The van der Waals surface area contributed by atoms with Crippen LogP contribution in [0.2, 0.25) is 0 Å². The normalized spacial score (nSPS) is 19.4. The zero-order valence-electron chi connectivity index (χ0n) is 25.6. The summed E-state index contributed by atoms with van der Waals surface area (Å²) in [6.45, 7) is 2.12. The van der Waals surface area contributed by atoms with Gasteiger partial charge in [-0.3, -0.25) is 0 Å². The lowest BCUT2D eigenvalue weighted by molar-refractivity contribution is -0.268. The second-order valence-corrected chi connectivity index (χ2v) is 12.1. The molecule has 1 aromatic heterocycles. The number of para-hydroxylation sites is 1. The fourth-order valence-corrected chi connectivity index (χ4v) is 6.34. The van der Waals surface area contributed by atoms with Crippen molar-refractivity contribution in [2.24, 2.45) is 13.0 Å². The van der Waals surface area contributed by atoms with Crippen LogP contribution in [0.5, 0.6) is 11.5 Å². The Bertz CT molecular complexity index is 1730. The summed E-state index contributed by atoms with van der Waals surface area (Å²) in [7, 11) is 1.97. The van der Waals surface area contributed by atoms with Crippen LogP contribution in [-0.2, 0) is 23.1 Å². The Kier molecular flexibility index (Phi) is 10.00. The highest BCUT2D eigenvalue weighted by Gasteiger charge is 2.38. The average molecular weight is 637 g/mol. The van der Waals surface area contributed by atoms with Gasteiger partial charge in [0.1, 0.15) is 11.5 Å². The molecule has 9 nitrogen and oxygen atoms in total. The Morgan fingerprint density at radius 1 is 0.891 bits per heavy atom.